The molecule has 0 aliphatic heterocycles. The second-order valence-corrected chi connectivity index (χ2v) is 17.3. The smallest absolute Gasteiger partial charge is 0.0547 e. The van der Waals surface area contributed by atoms with E-state index in [-0.39, 0.29) is 0 Å². The highest BCUT2D eigenvalue weighted by atomic mass is 15.1. The summed E-state index contributed by atoms with van der Waals surface area (Å²) in [7, 11) is 0. The van der Waals surface area contributed by atoms with Crippen LogP contribution in [0.25, 0.3) is 104 Å². The lowest BCUT2D eigenvalue weighted by Gasteiger charge is -2.27. The molecule has 1 aromatic heterocycles. The van der Waals surface area contributed by atoms with Crippen molar-refractivity contribution in [2.75, 3.05) is 4.90 Å². The first-order valence-electron chi connectivity index (χ1n) is 22.7. The zero-order valence-electron chi connectivity index (χ0n) is 36.1. The minimum absolute atomic E-state index is 1.08. The normalized spacial score (nSPS) is 11.6. The first-order valence-corrected chi connectivity index (χ1v) is 22.7. The van der Waals surface area contributed by atoms with Gasteiger partial charge in [-0.1, -0.05) is 182 Å². The molecule has 12 aromatic carbocycles. The molecule has 1 heterocycles. The molecule has 0 bridgehead atoms. The number of nitrogens with zero attached hydrogens (tertiary/aromatic N) is 2. The largest absolute Gasteiger partial charge is 0.310 e. The Morgan fingerprint density at radius 3 is 1.59 bits per heavy atom. The first-order chi connectivity index (χ1) is 32.7. The van der Waals surface area contributed by atoms with Gasteiger partial charge in [-0.15, -0.1) is 0 Å². The third kappa shape index (κ3) is 6.34. The van der Waals surface area contributed by atoms with Gasteiger partial charge in [0.1, 0.15) is 0 Å². The van der Waals surface area contributed by atoms with Crippen LogP contribution in [-0.4, -0.2) is 4.57 Å². The summed E-state index contributed by atoms with van der Waals surface area (Å²) in [6.45, 7) is 0. The minimum atomic E-state index is 1.08. The molecule has 0 amide bonds. The number of anilines is 3. The van der Waals surface area contributed by atoms with Gasteiger partial charge in [0, 0.05) is 33.4 Å². The van der Waals surface area contributed by atoms with E-state index in [1.54, 1.807) is 0 Å². The number of rotatable bonds is 7. The first kappa shape index (κ1) is 37.8. The van der Waals surface area contributed by atoms with Gasteiger partial charge in [-0.2, -0.15) is 0 Å². The van der Waals surface area contributed by atoms with Crippen LogP contribution in [0, 0.1) is 0 Å². The third-order valence-electron chi connectivity index (χ3n) is 13.5. The maximum absolute atomic E-state index is 2.45. The fraction of sp³-hybridized carbons (Fsp3) is 0. The SMILES string of the molecule is c1cc(-c2ccc3ccccc3c2)cc(N(c2ccc(-c3ccccc3-n3c4ccccc4c4cc5ccccc5cc43)cc2)c2cccc(-c3cc4ccccc4c4ccccc34)c2)c1. The third-order valence-corrected chi connectivity index (χ3v) is 13.5. The van der Waals surface area contributed by atoms with Crippen molar-refractivity contribution in [1.82, 2.24) is 4.57 Å². The minimum Gasteiger partial charge on any atom is -0.310 e. The molecule has 0 saturated heterocycles. The maximum Gasteiger partial charge on any atom is 0.0547 e. The maximum atomic E-state index is 2.45. The fourth-order valence-corrected chi connectivity index (χ4v) is 10.4. The monoisotopic (exact) mass is 838 g/mol. The van der Waals surface area contributed by atoms with Gasteiger partial charge in [0.15, 0.2) is 0 Å². The van der Waals surface area contributed by atoms with Gasteiger partial charge < -0.3 is 9.47 Å². The Morgan fingerprint density at radius 1 is 0.242 bits per heavy atom. The van der Waals surface area contributed by atoms with Crippen molar-refractivity contribution >= 4 is 82.0 Å². The molecule has 0 saturated carbocycles. The van der Waals surface area contributed by atoms with Crippen LogP contribution in [0.5, 0.6) is 0 Å². The Hall–Kier alpha value is -8.72. The number of benzene rings is 12. The van der Waals surface area contributed by atoms with Crippen LogP contribution in [0.4, 0.5) is 17.1 Å². The summed E-state index contributed by atoms with van der Waals surface area (Å²) in [5.41, 5.74) is 13.9. The summed E-state index contributed by atoms with van der Waals surface area (Å²) in [4.78, 5) is 2.41. The van der Waals surface area contributed by atoms with Crippen LogP contribution in [0.1, 0.15) is 0 Å². The van der Waals surface area contributed by atoms with Crippen LogP contribution < -0.4 is 4.90 Å². The van der Waals surface area contributed by atoms with Crippen LogP contribution in [-0.2, 0) is 0 Å². The van der Waals surface area contributed by atoms with E-state index in [1.165, 1.54) is 92.7 Å². The molecule has 0 unspecified atom stereocenters. The summed E-state index contributed by atoms with van der Waals surface area (Å²) >= 11 is 0. The molecular formula is C64H42N2. The van der Waals surface area contributed by atoms with E-state index in [9.17, 15) is 0 Å². The van der Waals surface area contributed by atoms with E-state index < -0.39 is 0 Å². The van der Waals surface area contributed by atoms with Gasteiger partial charge >= 0.3 is 0 Å². The van der Waals surface area contributed by atoms with Gasteiger partial charge in [-0.05, 0) is 144 Å². The summed E-state index contributed by atoms with van der Waals surface area (Å²) < 4.78 is 2.45. The molecule has 2 nitrogen and oxygen atoms in total. The van der Waals surface area contributed by atoms with Gasteiger partial charge in [0.2, 0.25) is 0 Å². The van der Waals surface area contributed by atoms with Crippen molar-refractivity contribution in [3.63, 3.8) is 0 Å². The molecule has 0 spiro atoms. The van der Waals surface area contributed by atoms with E-state index in [0.29, 0.717) is 0 Å². The molecule has 0 atom stereocenters. The van der Waals surface area contributed by atoms with Gasteiger partial charge in [-0.3, -0.25) is 0 Å². The number of hydrogen-bond donors (Lipinski definition) is 0. The molecule has 0 radical (unpaired) electrons. The van der Waals surface area contributed by atoms with Crippen molar-refractivity contribution in [1.29, 1.82) is 0 Å². The topological polar surface area (TPSA) is 8.17 Å². The van der Waals surface area contributed by atoms with Crippen molar-refractivity contribution < 1.29 is 0 Å². The fourth-order valence-electron chi connectivity index (χ4n) is 10.4. The van der Waals surface area contributed by atoms with Crippen molar-refractivity contribution in [3.8, 4) is 39.1 Å². The molecular weight excluding hydrogens is 797 g/mol. The quantitative estimate of drug-likeness (QED) is 0.145. The summed E-state index contributed by atoms with van der Waals surface area (Å²) in [5, 5.41) is 12.5. The Bertz CT molecular complexity index is 4010. The standard InChI is InChI=1S/C64H42N2/c1-2-16-45-37-49(32-31-43(45)15-1)46-20-13-22-53(38-46)65(54-23-14-21-50(39-54)60-41-51-19-5-6-24-55(51)57-26-7-8-27-58(57)60)52-35-33-44(34-36-52)56-25-9-11-29-62(56)66-63-30-12-10-28-59(63)61-40-47-17-3-4-18-48(47)42-64(61)66/h1-42H. The van der Waals surface area contributed by atoms with Crippen LogP contribution in [0.2, 0.25) is 0 Å². The molecule has 13 rings (SSSR count). The number of aromatic nitrogens is 1. The van der Waals surface area contributed by atoms with E-state index in [4.69, 9.17) is 0 Å². The van der Waals surface area contributed by atoms with E-state index in [0.717, 1.165) is 28.3 Å². The Balaban J connectivity index is 0.964. The number of para-hydroxylation sites is 2. The summed E-state index contributed by atoms with van der Waals surface area (Å²) in [6, 6.07) is 93.4. The predicted molar refractivity (Wildman–Crippen MR) is 282 cm³/mol. The van der Waals surface area contributed by atoms with Crippen molar-refractivity contribution in [2.45, 2.75) is 0 Å². The lowest BCUT2D eigenvalue weighted by molar-refractivity contribution is 1.18. The highest BCUT2D eigenvalue weighted by Gasteiger charge is 2.19. The lowest BCUT2D eigenvalue weighted by Crippen LogP contribution is -2.10. The summed E-state index contributed by atoms with van der Waals surface area (Å²) in [5.74, 6) is 0. The van der Waals surface area contributed by atoms with Crippen LogP contribution in [0.3, 0.4) is 0 Å². The Morgan fingerprint density at radius 2 is 0.803 bits per heavy atom. The Kier molecular flexibility index (Phi) is 8.89. The summed E-state index contributed by atoms with van der Waals surface area (Å²) in [6.07, 6.45) is 0. The highest BCUT2D eigenvalue weighted by molar-refractivity contribution is 6.15. The van der Waals surface area contributed by atoms with E-state index >= 15 is 0 Å². The molecule has 0 aliphatic carbocycles. The van der Waals surface area contributed by atoms with E-state index in [2.05, 4.69) is 264 Å². The second-order valence-electron chi connectivity index (χ2n) is 17.3. The average molecular weight is 839 g/mol. The zero-order valence-corrected chi connectivity index (χ0v) is 36.1. The average Bonchev–Trinajstić information content (AvgIpc) is 3.71. The predicted octanol–water partition coefficient (Wildman–Crippen LogP) is 17.9. The van der Waals surface area contributed by atoms with Crippen LogP contribution >= 0.6 is 0 Å². The Labute approximate surface area is 383 Å². The lowest BCUT2D eigenvalue weighted by atomic mass is 9.93. The molecule has 66 heavy (non-hydrogen) atoms. The molecule has 308 valence electrons. The second kappa shape index (κ2) is 15.5. The number of fused-ring (bicyclic) bond motifs is 8. The van der Waals surface area contributed by atoms with E-state index in [1.807, 2.05) is 0 Å². The molecule has 0 N–H and O–H groups in total. The zero-order chi connectivity index (χ0) is 43.6. The highest BCUT2D eigenvalue weighted by Crippen LogP contribution is 2.43. The van der Waals surface area contributed by atoms with Crippen LogP contribution in [0.15, 0.2) is 255 Å². The van der Waals surface area contributed by atoms with Gasteiger partial charge in [0.05, 0.1) is 16.7 Å². The number of hydrogen-bond acceptors (Lipinski definition) is 1. The van der Waals surface area contributed by atoms with Gasteiger partial charge in [0.25, 0.3) is 0 Å². The van der Waals surface area contributed by atoms with Crippen molar-refractivity contribution in [3.05, 3.63) is 255 Å². The molecule has 0 aliphatic rings. The molecule has 2 heteroatoms. The van der Waals surface area contributed by atoms with Crippen molar-refractivity contribution in [2.24, 2.45) is 0 Å². The molecule has 13 aromatic rings. The van der Waals surface area contributed by atoms with Gasteiger partial charge in [-0.25, -0.2) is 0 Å². The molecule has 0 fully saturated rings.